The zero-order valence-corrected chi connectivity index (χ0v) is 11.5. The molecule has 0 bridgehead atoms. The van der Waals surface area contributed by atoms with Crippen LogP contribution >= 0.6 is 11.3 Å². The van der Waals surface area contributed by atoms with E-state index in [1.165, 1.54) is 37.0 Å². The molecule has 1 aromatic rings. The summed E-state index contributed by atoms with van der Waals surface area (Å²) >= 11 is 1.35. The first-order chi connectivity index (χ1) is 8.70. The second-order valence-electron chi connectivity index (χ2n) is 4.79. The number of nitrogens with one attached hydrogen (secondary N) is 1. The fraction of sp³-hybridized carbons (Fsp3) is 0.667. The third-order valence-electron chi connectivity index (χ3n) is 3.43. The van der Waals surface area contributed by atoms with Crippen LogP contribution in [0.5, 0.6) is 0 Å². The number of carbonyl (C=O) groups is 1. The van der Waals surface area contributed by atoms with Crippen molar-refractivity contribution in [2.24, 2.45) is 5.84 Å². The first kappa shape index (κ1) is 13.5. The van der Waals surface area contributed by atoms with Crippen LogP contribution in [0.1, 0.15) is 48.1 Å². The average Bonchev–Trinajstić information content (AvgIpc) is 2.75. The summed E-state index contributed by atoms with van der Waals surface area (Å²) in [5.74, 6) is 4.79. The quantitative estimate of drug-likeness (QED) is 0.495. The largest absolute Gasteiger partial charge is 0.295 e. The van der Waals surface area contributed by atoms with Gasteiger partial charge in [0.15, 0.2) is 5.01 Å². The molecule has 5 nitrogen and oxygen atoms in total. The molecule has 1 aliphatic rings. The summed E-state index contributed by atoms with van der Waals surface area (Å²) in [7, 11) is 0. The van der Waals surface area contributed by atoms with Gasteiger partial charge in [0, 0.05) is 18.0 Å². The number of thiazole rings is 1. The minimum Gasteiger partial charge on any atom is -0.295 e. The van der Waals surface area contributed by atoms with Crippen molar-refractivity contribution in [3.05, 3.63) is 16.1 Å². The lowest BCUT2D eigenvalue weighted by molar-refractivity contribution is 0.0953. The molecule has 1 unspecified atom stereocenters. The van der Waals surface area contributed by atoms with Gasteiger partial charge in [-0.3, -0.25) is 15.1 Å². The fourth-order valence-electron chi connectivity index (χ4n) is 2.32. The first-order valence-corrected chi connectivity index (χ1v) is 7.28. The first-order valence-electron chi connectivity index (χ1n) is 6.40. The van der Waals surface area contributed by atoms with Gasteiger partial charge in [-0.1, -0.05) is 12.8 Å². The molecule has 1 atom stereocenters. The molecule has 0 spiro atoms. The lowest BCUT2D eigenvalue weighted by atomic mass is 10.1. The van der Waals surface area contributed by atoms with Crippen molar-refractivity contribution in [2.45, 2.75) is 45.2 Å². The Morgan fingerprint density at radius 2 is 2.44 bits per heavy atom. The molecule has 1 amide bonds. The number of amides is 1. The normalized spacial score (nSPS) is 21.6. The maximum Gasteiger partial charge on any atom is 0.294 e. The molecule has 1 saturated heterocycles. The number of carbonyl (C=O) groups excluding carboxylic acids is 1. The van der Waals surface area contributed by atoms with E-state index >= 15 is 0 Å². The highest BCUT2D eigenvalue weighted by atomic mass is 32.1. The van der Waals surface area contributed by atoms with Crippen molar-refractivity contribution in [1.29, 1.82) is 0 Å². The number of hydrazine groups is 1. The van der Waals surface area contributed by atoms with E-state index in [4.69, 9.17) is 5.84 Å². The summed E-state index contributed by atoms with van der Waals surface area (Å²) in [6.07, 6.45) is 5.14. The van der Waals surface area contributed by atoms with Gasteiger partial charge in [-0.2, -0.15) is 0 Å². The summed E-state index contributed by atoms with van der Waals surface area (Å²) in [6.45, 7) is 4.22. The number of hydrogen-bond acceptors (Lipinski definition) is 5. The zero-order chi connectivity index (χ0) is 13.0. The Labute approximate surface area is 111 Å². The van der Waals surface area contributed by atoms with Crippen LogP contribution < -0.4 is 11.3 Å². The van der Waals surface area contributed by atoms with Crippen LogP contribution in [0.2, 0.25) is 0 Å². The van der Waals surface area contributed by atoms with Gasteiger partial charge in [-0.05, 0) is 26.3 Å². The van der Waals surface area contributed by atoms with Gasteiger partial charge in [-0.25, -0.2) is 10.8 Å². The molecular formula is C12H20N4OS. The van der Waals surface area contributed by atoms with Crippen LogP contribution in [-0.2, 0) is 6.54 Å². The fourth-order valence-corrected chi connectivity index (χ4v) is 3.03. The van der Waals surface area contributed by atoms with E-state index in [0.29, 0.717) is 11.0 Å². The smallest absolute Gasteiger partial charge is 0.294 e. The van der Waals surface area contributed by atoms with Crippen molar-refractivity contribution < 1.29 is 4.79 Å². The summed E-state index contributed by atoms with van der Waals surface area (Å²) in [5, 5.41) is 2.39. The Bertz CT molecular complexity index is 407. The third-order valence-corrected chi connectivity index (χ3v) is 4.32. The minimum atomic E-state index is -0.310. The van der Waals surface area contributed by atoms with E-state index in [-0.39, 0.29) is 5.91 Å². The van der Waals surface area contributed by atoms with Crippen molar-refractivity contribution in [1.82, 2.24) is 15.3 Å². The third kappa shape index (κ3) is 3.28. The Morgan fingerprint density at radius 3 is 3.22 bits per heavy atom. The molecule has 1 aromatic heterocycles. The molecule has 18 heavy (non-hydrogen) atoms. The van der Waals surface area contributed by atoms with Gasteiger partial charge in [0.1, 0.15) is 0 Å². The maximum absolute atomic E-state index is 11.3. The number of nitrogen functional groups attached to an aromatic ring is 1. The lowest BCUT2D eigenvalue weighted by Crippen LogP contribution is -2.32. The predicted octanol–water partition coefficient (Wildman–Crippen LogP) is 1.51. The van der Waals surface area contributed by atoms with E-state index in [1.54, 1.807) is 0 Å². The molecule has 2 heterocycles. The van der Waals surface area contributed by atoms with E-state index in [9.17, 15) is 4.79 Å². The Balaban J connectivity index is 1.99. The SMILES string of the molecule is CC1CCCCCN1Cc1csc(C(=O)NN)n1. The molecule has 1 aliphatic heterocycles. The highest BCUT2D eigenvalue weighted by Crippen LogP contribution is 2.19. The van der Waals surface area contributed by atoms with Crippen molar-refractivity contribution >= 4 is 17.2 Å². The molecule has 0 saturated carbocycles. The highest BCUT2D eigenvalue weighted by molar-refractivity contribution is 7.11. The van der Waals surface area contributed by atoms with E-state index in [0.717, 1.165) is 18.8 Å². The van der Waals surface area contributed by atoms with Crippen LogP contribution in [0.3, 0.4) is 0 Å². The minimum absolute atomic E-state index is 0.310. The van der Waals surface area contributed by atoms with Crippen molar-refractivity contribution in [3.63, 3.8) is 0 Å². The van der Waals surface area contributed by atoms with Gasteiger partial charge in [0.25, 0.3) is 5.91 Å². The monoisotopic (exact) mass is 268 g/mol. The van der Waals surface area contributed by atoms with E-state index in [2.05, 4.69) is 22.2 Å². The molecule has 0 aliphatic carbocycles. The Kier molecular flexibility index (Phi) is 4.68. The van der Waals surface area contributed by atoms with Crippen LogP contribution in [-0.4, -0.2) is 28.4 Å². The van der Waals surface area contributed by atoms with Crippen LogP contribution in [0, 0.1) is 0 Å². The van der Waals surface area contributed by atoms with E-state index < -0.39 is 0 Å². The van der Waals surface area contributed by atoms with Gasteiger partial charge >= 0.3 is 0 Å². The van der Waals surface area contributed by atoms with Gasteiger partial charge < -0.3 is 0 Å². The summed E-state index contributed by atoms with van der Waals surface area (Å²) in [6, 6.07) is 0.598. The molecule has 0 radical (unpaired) electrons. The zero-order valence-electron chi connectivity index (χ0n) is 10.7. The number of nitrogens with zero attached hydrogens (tertiary/aromatic N) is 2. The van der Waals surface area contributed by atoms with Crippen molar-refractivity contribution in [2.75, 3.05) is 6.54 Å². The topological polar surface area (TPSA) is 71.2 Å². The molecule has 1 fully saturated rings. The van der Waals surface area contributed by atoms with Gasteiger partial charge in [0.2, 0.25) is 0 Å². The van der Waals surface area contributed by atoms with Crippen LogP contribution in [0.4, 0.5) is 0 Å². The van der Waals surface area contributed by atoms with Gasteiger partial charge in [-0.15, -0.1) is 11.3 Å². The molecule has 100 valence electrons. The number of nitrogens with two attached hydrogens (primary N) is 1. The average molecular weight is 268 g/mol. The summed E-state index contributed by atoms with van der Waals surface area (Å²) < 4.78 is 0. The van der Waals surface area contributed by atoms with Crippen LogP contribution in [0.25, 0.3) is 0 Å². The molecular weight excluding hydrogens is 248 g/mol. The number of likely N-dealkylation sites (tertiary alicyclic amines) is 1. The van der Waals surface area contributed by atoms with Crippen molar-refractivity contribution in [3.8, 4) is 0 Å². The summed E-state index contributed by atoms with van der Waals surface area (Å²) in [5.41, 5.74) is 3.08. The lowest BCUT2D eigenvalue weighted by Gasteiger charge is -2.25. The standard InChI is InChI=1S/C12H20N4OS/c1-9-5-3-2-4-6-16(9)7-10-8-18-12(14-10)11(17)15-13/h8-9H,2-7,13H2,1H3,(H,15,17). The van der Waals surface area contributed by atoms with E-state index in [1.807, 2.05) is 5.38 Å². The Morgan fingerprint density at radius 1 is 1.61 bits per heavy atom. The molecule has 3 N–H and O–H groups in total. The molecule has 0 aromatic carbocycles. The number of hydrogen-bond donors (Lipinski definition) is 2. The number of rotatable bonds is 3. The molecule has 2 rings (SSSR count). The second-order valence-corrected chi connectivity index (χ2v) is 5.64. The Hall–Kier alpha value is -0.980. The number of aromatic nitrogens is 1. The summed E-state index contributed by atoms with van der Waals surface area (Å²) in [4.78, 5) is 18.1. The van der Waals surface area contributed by atoms with Gasteiger partial charge in [0.05, 0.1) is 5.69 Å². The molecule has 6 heteroatoms. The predicted molar refractivity (Wildman–Crippen MR) is 72.1 cm³/mol. The highest BCUT2D eigenvalue weighted by Gasteiger charge is 2.18. The second kappa shape index (κ2) is 6.26. The van der Waals surface area contributed by atoms with Crippen LogP contribution in [0.15, 0.2) is 5.38 Å². The maximum atomic E-state index is 11.3.